The minimum atomic E-state index is -0.815. The van der Waals surface area contributed by atoms with Gasteiger partial charge in [0.15, 0.2) is 13.2 Å². The van der Waals surface area contributed by atoms with Crippen LogP contribution < -0.4 is 9.47 Å². The van der Waals surface area contributed by atoms with Gasteiger partial charge < -0.3 is 28.4 Å². The third-order valence-electron chi connectivity index (χ3n) is 5.46. The molecule has 0 heterocycles. The van der Waals surface area contributed by atoms with Crippen LogP contribution in [0.2, 0.25) is 0 Å². The minimum absolute atomic E-state index is 0.0641. The molecule has 200 valence electrons. The fourth-order valence-corrected chi connectivity index (χ4v) is 3.39. The van der Waals surface area contributed by atoms with E-state index in [0.717, 1.165) is 23.3 Å². The molecule has 0 spiro atoms. The van der Waals surface area contributed by atoms with Crippen LogP contribution in [0.15, 0.2) is 73.8 Å². The quantitative estimate of drug-likeness (QED) is 0.177. The summed E-state index contributed by atoms with van der Waals surface area (Å²) in [6.45, 7) is 15.5. The van der Waals surface area contributed by atoms with Crippen molar-refractivity contribution < 1.29 is 38.0 Å². The second-order valence-electron chi connectivity index (χ2n) is 8.35. The van der Waals surface area contributed by atoms with Gasteiger partial charge in [-0.2, -0.15) is 0 Å². The van der Waals surface area contributed by atoms with Gasteiger partial charge in [-0.05, 0) is 49.2 Å². The number of benzene rings is 2. The minimum Gasteiger partial charge on any atom is -0.487 e. The number of esters is 2. The topological polar surface area (TPSA) is 89.5 Å². The average molecular weight is 513 g/mol. The molecule has 2 aromatic rings. The standard InChI is InChI=1S/C29H36O8/c1-7-25(30)36-27(32-9-3)19-34-23-15-11-21(12-16-23)29(5,6)22-13-17-24(18-14-22)35-20-28(33-10-4)37-26(31)8-2/h7-8,11-18,27-28H,1-2,9-10,19-20H2,3-6H3. The lowest BCUT2D eigenvalue weighted by Gasteiger charge is -2.27. The normalized spacial score (nSPS) is 12.6. The SMILES string of the molecule is C=CC(=O)OC(COc1ccc(C(C)(C)c2ccc(OCC(OCC)OC(=O)C=C)cc2)cc1)OCC. The second-order valence-corrected chi connectivity index (χ2v) is 8.35. The zero-order chi connectivity index (χ0) is 27.3. The number of hydrogen-bond donors (Lipinski definition) is 0. The van der Waals surface area contributed by atoms with Crippen LogP contribution >= 0.6 is 0 Å². The molecule has 0 aliphatic heterocycles. The van der Waals surface area contributed by atoms with Gasteiger partial charge in [0, 0.05) is 30.8 Å². The molecule has 8 nitrogen and oxygen atoms in total. The van der Waals surface area contributed by atoms with Crippen LogP contribution in [0.3, 0.4) is 0 Å². The van der Waals surface area contributed by atoms with E-state index in [-0.39, 0.29) is 18.6 Å². The second kappa shape index (κ2) is 14.8. The van der Waals surface area contributed by atoms with E-state index in [2.05, 4.69) is 27.0 Å². The Labute approximate surface area is 218 Å². The van der Waals surface area contributed by atoms with Crippen molar-refractivity contribution in [2.75, 3.05) is 26.4 Å². The number of carbonyl (C=O) groups is 2. The highest BCUT2D eigenvalue weighted by molar-refractivity contribution is 5.81. The molecule has 2 aromatic carbocycles. The summed E-state index contributed by atoms with van der Waals surface area (Å²) in [5, 5.41) is 0. The van der Waals surface area contributed by atoms with E-state index < -0.39 is 24.5 Å². The Bertz CT molecular complexity index is 930. The highest BCUT2D eigenvalue weighted by atomic mass is 16.7. The maximum Gasteiger partial charge on any atom is 0.332 e. The van der Waals surface area contributed by atoms with E-state index in [1.807, 2.05) is 62.4 Å². The van der Waals surface area contributed by atoms with Gasteiger partial charge in [0.1, 0.15) is 11.5 Å². The van der Waals surface area contributed by atoms with Gasteiger partial charge >= 0.3 is 11.9 Å². The van der Waals surface area contributed by atoms with Gasteiger partial charge in [-0.1, -0.05) is 51.3 Å². The van der Waals surface area contributed by atoms with Crippen LogP contribution in [-0.2, 0) is 34.0 Å². The molecule has 0 radical (unpaired) electrons. The summed E-state index contributed by atoms with van der Waals surface area (Å²) in [5.41, 5.74) is 1.87. The van der Waals surface area contributed by atoms with Crippen molar-refractivity contribution in [2.45, 2.75) is 45.7 Å². The maximum absolute atomic E-state index is 11.5. The Morgan fingerprint density at radius 3 is 1.38 bits per heavy atom. The van der Waals surface area contributed by atoms with Gasteiger partial charge in [0.25, 0.3) is 0 Å². The summed E-state index contributed by atoms with van der Waals surface area (Å²) < 4.78 is 32.5. The van der Waals surface area contributed by atoms with E-state index in [0.29, 0.717) is 24.7 Å². The van der Waals surface area contributed by atoms with E-state index in [4.69, 9.17) is 28.4 Å². The molecule has 37 heavy (non-hydrogen) atoms. The van der Waals surface area contributed by atoms with Gasteiger partial charge in [-0.15, -0.1) is 0 Å². The molecule has 2 atom stereocenters. The predicted octanol–water partition coefficient (Wildman–Crippen LogP) is 4.95. The number of carbonyl (C=O) groups excluding carboxylic acids is 2. The number of ether oxygens (including phenoxy) is 6. The van der Waals surface area contributed by atoms with Crippen molar-refractivity contribution in [3.63, 3.8) is 0 Å². The molecule has 8 heteroatoms. The Morgan fingerprint density at radius 1 is 0.730 bits per heavy atom. The van der Waals surface area contributed by atoms with Crippen LogP contribution in [0.1, 0.15) is 38.8 Å². The Hall–Kier alpha value is -3.62. The highest BCUT2D eigenvalue weighted by Gasteiger charge is 2.23. The van der Waals surface area contributed by atoms with Crippen molar-refractivity contribution in [3.8, 4) is 11.5 Å². The van der Waals surface area contributed by atoms with Crippen LogP contribution in [-0.4, -0.2) is 50.9 Å². The molecule has 0 aromatic heterocycles. The van der Waals surface area contributed by atoms with E-state index in [1.165, 1.54) is 0 Å². The van der Waals surface area contributed by atoms with E-state index in [1.54, 1.807) is 0 Å². The fourth-order valence-electron chi connectivity index (χ4n) is 3.39. The van der Waals surface area contributed by atoms with Crippen LogP contribution in [0, 0.1) is 0 Å². The zero-order valence-corrected chi connectivity index (χ0v) is 21.9. The third kappa shape index (κ3) is 9.40. The largest absolute Gasteiger partial charge is 0.487 e. The molecule has 0 amide bonds. The average Bonchev–Trinajstić information content (AvgIpc) is 2.90. The molecule has 0 aliphatic rings. The lowest BCUT2D eigenvalue weighted by Crippen LogP contribution is -2.27. The number of hydrogen-bond acceptors (Lipinski definition) is 8. The molecule has 0 aliphatic carbocycles. The molecule has 0 saturated carbocycles. The van der Waals surface area contributed by atoms with Crippen molar-refractivity contribution in [1.29, 1.82) is 0 Å². The summed E-state index contributed by atoms with van der Waals surface area (Å²) in [6, 6.07) is 15.4. The first kappa shape index (κ1) is 29.6. The first-order valence-corrected chi connectivity index (χ1v) is 12.1. The van der Waals surface area contributed by atoms with Crippen molar-refractivity contribution >= 4 is 11.9 Å². The van der Waals surface area contributed by atoms with E-state index in [9.17, 15) is 9.59 Å². The number of rotatable bonds is 16. The smallest absolute Gasteiger partial charge is 0.332 e. The van der Waals surface area contributed by atoms with Crippen LogP contribution in [0.25, 0.3) is 0 Å². The molecular weight excluding hydrogens is 476 g/mol. The van der Waals surface area contributed by atoms with Crippen LogP contribution in [0.4, 0.5) is 0 Å². The molecule has 2 rings (SSSR count). The molecule has 0 fully saturated rings. The summed E-state index contributed by atoms with van der Waals surface area (Å²) >= 11 is 0. The molecular formula is C29H36O8. The maximum atomic E-state index is 11.5. The summed E-state index contributed by atoms with van der Waals surface area (Å²) in [4.78, 5) is 22.9. The van der Waals surface area contributed by atoms with Crippen molar-refractivity contribution in [3.05, 3.63) is 85.0 Å². The Kier molecular flexibility index (Phi) is 11.9. The van der Waals surface area contributed by atoms with Gasteiger partial charge in [0.05, 0.1) is 0 Å². The summed E-state index contributed by atoms with van der Waals surface area (Å²) in [6.07, 6.45) is 0.538. The molecule has 0 bridgehead atoms. The molecule has 0 N–H and O–H groups in total. The van der Waals surface area contributed by atoms with Crippen LogP contribution in [0.5, 0.6) is 11.5 Å². The van der Waals surface area contributed by atoms with Gasteiger partial charge in [-0.25, -0.2) is 9.59 Å². The van der Waals surface area contributed by atoms with Gasteiger partial charge in [-0.3, -0.25) is 0 Å². The summed E-state index contributed by atoms with van der Waals surface area (Å²) in [5.74, 6) is 0.119. The lowest BCUT2D eigenvalue weighted by molar-refractivity contribution is -0.179. The molecule has 2 unspecified atom stereocenters. The molecule has 0 saturated heterocycles. The predicted molar refractivity (Wildman–Crippen MR) is 139 cm³/mol. The first-order valence-electron chi connectivity index (χ1n) is 12.1. The lowest BCUT2D eigenvalue weighted by atomic mass is 9.78. The third-order valence-corrected chi connectivity index (χ3v) is 5.46. The van der Waals surface area contributed by atoms with E-state index >= 15 is 0 Å². The van der Waals surface area contributed by atoms with Crippen molar-refractivity contribution in [2.24, 2.45) is 0 Å². The highest BCUT2D eigenvalue weighted by Crippen LogP contribution is 2.33. The first-order chi connectivity index (χ1) is 17.7. The fraction of sp³-hybridized carbons (Fsp3) is 0.379. The van der Waals surface area contributed by atoms with Crippen molar-refractivity contribution in [1.82, 2.24) is 0 Å². The monoisotopic (exact) mass is 512 g/mol. The Balaban J connectivity index is 2.00. The summed E-state index contributed by atoms with van der Waals surface area (Å²) in [7, 11) is 0. The zero-order valence-electron chi connectivity index (χ0n) is 21.9. The Morgan fingerprint density at radius 2 is 1.08 bits per heavy atom. The van der Waals surface area contributed by atoms with Gasteiger partial charge in [0.2, 0.25) is 12.6 Å².